The molecule has 0 bridgehead atoms. The molecule has 4 aromatic rings. The molecule has 1 N–H and O–H groups in total. The van der Waals surface area contributed by atoms with Gasteiger partial charge in [-0.1, -0.05) is 54.6 Å². The molecule has 2 aliphatic heterocycles. The first-order valence-electron chi connectivity index (χ1n) is 13.2. The van der Waals surface area contributed by atoms with Gasteiger partial charge in [-0.3, -0.25) is 9.59 Å². The Bertz CT molecular complexity index is 1440. The number of rotatable bonds is 6. The number of aromatic amines is 1. The number of ether oxygens (including phenoxy) is 1. The molecule has 1 saturated heterocycles. The number of anilines is 1. The monoisotopic (exact) mass is 508 g/mol. The average Bonchev–Trinajstić information content (AvgIpc) is 3.41. The van der Waals surface area contributed by atoms with Crippen molar-refractivity contribution < 1.29 is 14.3 Å². The van der Waals surface area contributed by atoms with Gasteiger partial charge in [0.25, 0.3) is 5.91 Å². The third kappa shape index (κ3) is 4.23. The predicted molar refractivity (Wildman–Crippen MR) is 148 cm³/mol. The van der Waals surface area contributed by atoms with Gasteiger partial charge in [0.15, 0.2) is 0 Å². The molecule has 6 rings (SSSR count). The van der Waals surface area contributed by atoms with Crippen LogP contribution in [0.5, 0.6) is 0 Å². The van der Waals surface area contributed by atoms with Crippen molar-refractivity contribution in [3.05, 3.63) is 102 Å². The topological polar surface area (TPSA) is 68.9 Å². The number of aromatic nitrogens is 1. The average molecular weight is 509 g/mol. The van der Waals surface area contributed by atoms with Crippen molar-refractivity contribution in [1.82, 2.24) is 14.8 Å². The molecule has 3 heterocycles. The third-order valence-electron chi connectivity index (χ3n) is 7.89. The number of methoxy groups -OCH3 is 1. The van der Waals surface area contributed by atoms with Crippen molar-refractivity contribution in [2.75, 3.05) is 51.3 Å². The summed E-state index contributed by atoms with van der Waals surface area (Å²) in [5.41, 5.74) is 4.53. The fourth-order valence-electron chi connectivity index (χ4n) is 6.00. The van der Waals surface area contributed by atoms with Gasteiger partial charge < -0.3 is 24.4 Å². The molecule has 2 atom stereocenters. The van der Waals surface area contributed by atoms with E-state index in [2.05, 4.69) is 28.1 Å². The number of fused-ring (bicyclic) bond motifs is 2. The van der Waals surface area contributed by atoms with Crippen LogP contribution in [0.2, 0.25) is 0 Å². The first kappa shape index (κ1) is 24.2. The molecule has 194 valence electrons. The summed E-state index contributed by atoms with van der Waals surface area (Å²) >= 11 is 0. The van der Waals surface area contributed by atoms with Crippen LogP contribution in [0.3, 0.4) is 0 Å². The zero-order valence-corrected chi connectivity index (χ0v) is 21.5. The van der Waals surface area contributed by atoms with Gasteiger partial charge in [0.05, 0.1) is 18.6 Å². The van der Waals surface area contributed by atoms with E-state index in [-0.39, 0.29) is 11.8 Å². The molecule has 7 nitrogen and oxygen atoms in total. The minimum absolute atomic E-state index is 0.0640. The minimum Gasteiger partial charge on any atom is -0.383 e. The second-order valence-corrected chi connectivity index (χ2v) is 9.94. The molecular formula is C31H32N4O3. The standard InChI is InChI=1S/C31H32N4O3/c1-38-20-19-35-29(26-21-32-27-14-8-7-11-23(26)27)28(24-12-5-6-13-25(24)30(35)36)31(37)34-17-15-33(16-18-34)22-9-3-2-4-10-22/h2-14,21,28-29,32H,15-20H2,1H3. The molecule has 3 aromatic carbocycles. The van der Waals surface area contributed by atoms with E-state index >= 15 is 0 Å². The SMILES string of the molecule is COCCN1C(=O)c2ccccc2C(C(=O)N2CCN(c3ccccc3)CC2)C1c1c[nH]c2ccccc12. The number of piperazine rings is 1. The highest BCUT2D eigenvalue weighted by atomic mass is 16.5. The van der Waals surface area contributed by atoms with Crippen molar-refractivity contribution >= 4 is 28.4 Å². The van der Waals surface area contributed by atoms with E-state index in [1.165, 1.54) is 5.69 Å². The van der Waals surface area contributed by atoms with Crippen LogP contribution in [0.1, 0.15) is 33.4 Å². The summed E-state index contributed by atoms with van der Waals surface area (Å²) in [6.07, 6.45) is 1.96. The van der Waals surface area contributed by atoms with Gasteiger partial charge >= 0.3 is 0 Å². The van der Waals surface area contributed by atoms with Crippen LogP contribution in [0.4, 0.5) is 5.69 Å². The maximum absolute atomic E-state index is 14.5. The number of nitrogens with one attached hydrogen (secondary N) is 1. The smallest absolute Gasteiger partial charge is 0.254 e. The number of hydrogen-bond donors (Lipinski definition) is 1. The zero-order valence-electron chi connectivity index (χ0n) is 21.5. The van der Waals surface area contributed by atoms with Gasteiger partial charge in [0.1, 0.15) is 0 Å². The summed E-state index contributed by atoms with van der Waals surface area (Å²) in [4.78, 5) is 37.8. The number of H-pyrrole nitrogens is 1. The molecule has 38 heavy (non-hydrogen) atoms. The summed E-state index contributed by atoms with van der Waals surface area (Å²) in [7, 11) is 1.64. The number of hydrogen-bond acceptors (Lipinski definition) is 4. The van der Waals surface area contributed by atoms with Crippen LogP contribution in [-0.4, -0.2) is 73.0 Å². The first-order valence-corrected chi connectivity index (χ1v) is 13.2. The molecule has 0 radical (unpaired) electrons. The highest BCUT2D eigenvalue weighted by Gasteiger charge is 2.46. The Morgan fingerprint density at radius 2 is 1.61 bits per heavy atom. The van der Waals surface area contributed by atoms with Gasteiger partial charge in [0, 0.05) is 73.7 Å². The van der Waals surface area contributed by atoms with Crippen LogP contribution < -0.4 is 4.90 Å². The van der Waals surface area contributed by atoms with Gasteiger partial charge in [-0.2, -0.15) is 0 Å². The summed E-state index contributed by atoms with van der Waals surface area (Å²) < 4.78 is 5.40. The van der Waals surface area contributed by atoms with Crippen molar-refractivity contribution in [2.45, 2.75) is 12.0 Å². The van der Waals surface area contributed by atoms with Gasteiger partial charge in [0.2, 0.25) is 5.91 Å². The molecule has 2 unspecified atom stereocenters. The van der Waals surface area contributed by atoms with Crippen LogP contribution >= 0.6 is 0 Å². The molecule has 2 aliphatic rings. The highest BCUT2D eigenvalue weighted by molar-refractivity contribution is 6.02. The molecule has 1 aromatic heterocycles. The number of benzene rings is 3. The van der Waals surface area contributed by atoms with Crippen molar-refractivity contribution in [3.8, 4) is 0 Å². The van der Waals surface area contributed by atoms with Crippen molar-refractivity contribution in [1.29, 1.82) is 0 Å². The van der Waals surface area contributed by atoms with Crippen molar-refractivity contribution in [3.63, 3.8) is 0 Å². The lowest BCUT2D eigenvalue weighted by Gasteiger charge is -2.44. The van der Waals surface area contributed by atoms with E-state index in [0.29, 0.717) is 31.8 Å². The number of nitrogens with zero attached hydrogens (tertiary/aromatic N) is 3. The van der Waals surface area contributed by atoms with E-state index in [4.69, 9.17) is 4.74 Å². The molecule has 7 heteroatoms. The second kappa shape index (κ2) is 10.3. The lowest BCUT2D eigenvalue weighted by atomic mass is 9.78. The summed E-state index contributed by atoms with van der Waals surface area (Å²) in [6, 6.07) is 25.6. The summed E-state index contributed by atoms with van der Waals surface area (Å²) in [5.74, 6) is -0.510. The van der Waals surface area contributed by atoms with Gasteiger partial charge in [-0.05, 0) is 29.8 Å². The Kier molecular flexibility index (Phi) is 6.60. The minimum atomic E-state index is -0.511. The van der Waals surface area contributed by atoms with Crippen LogP contribution in [0.15, 0.2) is 85.1 Å². The Morgan fingerprint density at radius 3 is 2.39 bits per heavy atom. The van der Waals surface area contributed by atoms with E-state index in [9.17, 15) is 9.59 Å². The largest absolute Gasteiger partial charge is 0.383 e. The number of amides is 2. The Morgan fingerprint density at radius 1 is 0.895 bits per heavy atom. The van der Waals surface area contributed by atoms with Crippen LogP contribution in [0, 0.1) is 0 Å². The molecule has 2 amide bonds. The number of para-hydroxylation sites is 2. The van der Waals surface area contributed by atoms with E-state index in [1.807, 2.05) is 76.7 Å². The first-order chi connectivity index (χ1) is 18.7. The predicted octanol–water partition coefficient (Wildman–Crippen LogP) is 4.44. The van der Waals surface area contributed by atoms with Gasteiger partial charge in [-0.15, -0.1) is 0 Å². The highest BCUT2D eigenvalue weighted by Crippen LogP contribution is 2.45. The Balaban J connectivity index is 1.40. The molecule has 0 aliphatic carbocycles. The van der Waals surface area contributed by atoms with Crippen LogP contribution in [0.25, 0.3) is 10.9 Å². The van der Waals surface area contributed by atoms with E-state index < -0.39 is 12.0 Å². The quantitative estimate of drug-likeness (QED) is 0.418. The van der Waals surface area contributed by atoms with Gasteiger partial charge in [-0.25, -0.2) is 0 Å². The molecular weight excluding hydrogens is 476 g/mol. The van der Waals surface area contributed by atoms with E-state index in [0.717, 1.165) is 35.1 Å². The lowest BCUT2D eigenvalue weighted by molar-refractivity contribution is -0.135. The second-order valence-electron chi connectivity index (χ2n) is 9.94. The fraction of sp³-hybridized carbons (Fsp3) is 0.290. The van der Waals surface area contributed by atoms with Crippen LogP contribution in [-0.2, 0) is 9.53 Å². The number of carbonyl (C=O) groups is 2. The summed E-state index contributed by atoms with van der Waals surface area (Å²) in [6.45, 7) is 3.61. The Hall–Kier alpha value is -4.10. The lowest BCUT2D eigenvalue weighted by Crippen LogP contribution is -2.53. The fourth-order valence-corrected chi connectivity index (χ4v) is 6.00. The normalized spacial score (nSPS) is 19.6. The molecule has 1 fully saturated rings. The molecule has 0 saturated carbocycles. The Labute approximate surface area is 222 Å². The zero-order chi connectivity index (χ0) is 26.1. The maximum atomic E-state index is 14.5. The van der Waals surface area contributed by atoms with E-state index in [1.54, 1.807) is 7.11 Å². The maximum Gasteiger partial charge on any atom is 0.254 e. The number of carbonyl (C=O) groups excluding carboxylic acids is 2. The molecule has 0 spiro atoms. The summed E-state index contributed by atoms with van der Waals surface area (Å²) in [5, 5.41) is 1.03. The van der Waals surface area contributed by atoms with Crippen molar-refractivity contribution in [2.24, 2.45) is 0 Å². The third-order valence-corrected chi connectivity index (χ3v) is 7.89.